The Bertz CT molecular complexity index is 1630. The molecule has 7 heteroatoms. The largest absolute Gasteiger partial charge is 0.506 e. The average Bonchev–Trinajstić information content (AvgIpc) is 3.52. The predicted molar refractivity (Wildman–Crippen MR) is 285 cm³/mol. The van der Waals surface area contributed by atoms with E-state index in [9.17, 15) is 5.11 Å². The van der Waals surface area contributed by atoms with Crippen molar-refractivity contribution in [3.05, 3.63) is 84.1 Å². The van der Waals surface area contributed by atoms with Crippen molar-refractivity contribution >= 4 is 29.1 Å². The average molecular weight is 876 g/mol. The van der Waals surface area contributed by atoms with E-state index in [1.54, 1.807) is 6.07 Å². The van der Waals surface area contributed by atoms with Gasteiger partial charge in [-0.15, -0.1) is 0 Å². The van der Waals surface area contributed by atoms with E-state index in [1.165, 1.54) is 49.6 Å². The van der Waals surface area contributed by atoms with E-state index in [0.29, 0.717) is 40.6 Å². The summed E-state index contributed by atoms with van der Waals surface area (Å²) in [4.78, 5) is 15.7. The SMILES string of the molecule is C=CC(=CC(/C=C(\C)c1nc2cc(N=C)c(O)cc2o1)C(C)C)N(C)CCCCC.CC.CC.CC(C)C.CC(C)C.CC1=CCC=C(N2CCN(C)C(C(C)C)C2)C=C1.CCC. The van der Waals surface area contributed by atoms with E-state index in [4.69, 9.17) is 4.42 Å². The molecule has 1 N–H and O–H groups in total. The smallest absolute Gasteiger partial charge is 0.222 e. The molecule has 1 aromatic heterocycles. The fourth-order valence-corrected chi connectivity index (χ4v) is 6.12. The van der Waals surface area contributed by atoms with Gasteiger partial charge in [0.05, 0.1) is 0 Å². The molecule has 0 radical (unpaired) electrons. The van der Waals surface area contributed by atoms with Crippen molar-refractivity contribution < 1.29 is 9.52 Å². The van der Waals surface area contributed by atoms with Gasteiger partial charge < -0.3 is 19.3 Å². The first kappa shape index (κ1) is 63.4. The topological polar surface area (TPSA) is 68.3 Å². The van der Waals surface area contributed by atoms with Crippen molar-refractivity contribution in [2.45, 2.75) is 170 Å². The number of phenolic OH excluding ortho intramolecular Hbond substituents is 1. The van der Waals surface area contributed by atoms with Crippen LogP contribution < -0.4 is 0 Å². The molecular formula is C56H101N5O2. The van der Waals surface area contributed by atoms with Crippen molar-refractivity contribution in [1.29, 1.82) is 0 Å². The lowest BCUT2D eigenvalue weighted by Crippen LogP contribution is -2.52. The predicted octanol–water partition coefficient (Wildman–Crippen LogP) is 16.6. The number of likely N-dealkylation sites (N-methyl/N-ethyl adjacent to an activating group) is 2. The van der Waals surface area contributed by atoms with Crippen molar-refractivity contribution in [3.63, 3.8) is 0 Å². The first-order chi connectivity index (χ1) is 29.8. The molecule has 2 aliphatic rings. The van der Waals surface area contributed by atoms with Crippen LogP contribution in [0, 0.1) is 29.6 Å². The number of unbranched alkanes of at least 4 members (excludes halogenated alkanes) is 2. The summed E-state index contributed by atoms with van der Waals surface area (Å²) >= 11 is 0. The van der Waals surface area contributed by atoms with Gasteiger partial charge in [0.1, 0.15) is 17.0 Å². The highest BCUT2D eigenvalue weighted by Crippen LogP contribution is 2.33. The molecule has 1 aliphatic carbocycles. The van der Waals surface area contributed by atoms with E-state index >= 15 is 0 Å². The number of benzene rings is 1. The second kappa shape index (κ2) is 37.5. The van der Waals surface area contributed by atoms with Crippen LogP contribution >= 0.6 is 0 Å². The fourth-order valence-electron chi connectivity index (χ4n) is 6.12. The molecule has 1 aromatic carbocycles. The zero-order valence-corrected chi connectivity index (χ0v) is 45.0. The second-order valence-corrected chi connectivity index (χ2v) is 18.1. The summed E-state index contributed by atoms with van der Waals surface area (Å²) < 4.78 is 5.88. The Morgan fingerprint density at radius 1 is 0.921 bits per heavy atom. The molecule has 2 atom stereocenters. The van der Waals surface area contributed by atoms with Crippen LogP contribution in [-0.4, -0.2) is 77.8 Å². The molecule has 7 nitrogen and oxygen atoms in total. The van der Waals surface area contributed by atoms with Gasteiger partial charge in [-0.05, 0) is 82.3 Å². The van der Waals surface area contributed by atoms with Gasteiger partial charge in [0.2, 0.25) is 5.89 Å². The number of allylic oxidation sites excluding steroid dienone is 9. The summed E-state index contributed by atoms with van der Waals surface area (Å²) in [5, 5.41) is 9.97. The number of piperazine rings is 1. The van der Waals surface area contributed by atoms with Crippen LogP contribution in [0.25, 0.3) is 16.7 Å². The minimum Gasteiger partial charge on any atom is -0.506 e. The Morgan fingerprint density at radius 2 is 1.49 bits per heavy atom. The number of oxazole rings is 1. The van der Waals surface area contributed by atoms with Crippen molar-refractivity contribution in [3.8, 4) is 5.75 Å². The summed E-state index contributed by atoms with van der Waals surface area (Å²) in [5.41, 5.74) is 6.44. The minimum absolute atomic E-state index is 0.0338. The van der Waals surface area contributed by atoms with Crippen LogP contribution in [0.3, 0.4) is 0 Å². The Balaban J connectivity index is -0.000000918. The van der Waals surface area contributed by atoms with E-state index in [2.05, 4.69) is 185 Å². The van der Waals surface area contributed by atoms with Gasteiger partial charge in [-0.25, -0.2) is 4.98 Å². The standard InChI is InChI=1S/C25H35N3O2.C16H26N2.2C4H10.C3H8.2C2H6/c1-8-10-11-12-28(7)20(9-2)14-19(17(3)4)13-18(5)25-27-22-15-21(26-6)23(29)16-24(22)30-25;1-13(2)16-12-18(11-10-17(16)4)15-7-5-6-14(3)8-9-15;2*1-4(2)3;1-3-2;2*1-2/h9,13-17,19,29H,2,6,8,10-12H2,1,3-5,7H3;6-9,13,16H,5,10-12H2,1-4H3;2*4H,1-3H3;3H2,1-2H3;2*1-2H3/b18-13+,20-14?;;;;;;. The number of phenols is 1. The normalized spacial score (nSPS) is 15.6. The van der Waals surface area contributed by atoms with Crippen LogP contribution in [0.4, 0.5) is 5.69 Å². The van der Waals surface area contributed by atoms with E-state index in [0.717, 1.165) is 49.2 Å². The van der Waals surface area contributed by atoms with Crippen LogP contribution in [0.1, 0.15) is 170 Å². The molecular weight excluding hydrogens is 775 g/mol. The van der Waals surface area contributed by atoms with Gasteiger partial charge in [-0.1, -0.05) is 179 Å². The third-order valence-electron chi connectivity index (χ3n) is 9.43. The maximum atomic E-state index is 9.97. The molecule has 2 heterocycles. The molecule has 0 saturated carbocycles. The zero-order chi connectivity index (χ0) is 49.2. The highest BCUT2D eigenvalue weighted by Gasteiger charge is 2.27. The maximum absolute atomic E-state index is 9.97. The zero-order valence-electron chi connectivity index (χ0n) is 45.0. The molecule has 4 rings (SSSR count). The van der Waals surface area contributed by atoms with Gasteiger partial charge in [0, 0.05) is 68.2 Å². The first-order valence-corrected chi connectivity index (χ1v) is 24.6. The van der Waals surface area contributed by atoms with E-state index in [-0.39, 0.29) is 11.7 Å². The molecule has 1 aliphatic heterocycles. The summed E-state index contributed by atoms with van der Waals surface area (Å²) in [6.45, 7) is 52.7. The van der Waals surface area contributed by atoms with E-state index < -0.39 is 0 Å². The van der Waals surface area contributed by atoms with Crippen LogP contribution in [0.15, 0.2) is 87.6 Å². The third kappa shape index (κ3) is 27.8. The monoisotopic (exact) mass is 876 g/mol. The van der Waals surface area contributed by atoms with Gasteiger partial charge in [-0.3, -0.25) is 9.89 Å². The summed E-state index contributed by atoms with van der Waals surface area (Å²) in [7, 11) is 4.38. The number of aromatic nitrogens is 1. The Kier molecular flexibility index (Phi) is 37.8. The van der Waals surface area contributed by atoms with Gasteiger partial charge in [0.25, 0.3) is 0 Å². The lowest BCUT2D eigenvalue weighted by atomic mass is 9.92. The number of aromatic hydroxyl groups is 1. The summed E-state index contributed by atoms with van der Waals surface area (Å²) in [6.07, 6.45) is 21.5. The van der Waals surface area contributed by atoms with Gasteiger partial charge >= 0.3 is 0 Å². The molecule has 0 spiro atoms. The number of aliphatic imine (C=N–C) groups is 1. The molecule has 63 heavy (non-hydrogen) atoms. The third-order valence-corrected chi connectivity index (χ3v) is 9.43. The second-order valence-electron chi connectivity index (χ2n) is 18.1. The molecule has 1 saturated heterocycles. The van der Waals surface area contributed by atoms with Crippen LogP contribution in [0.5, 0.6) is 5.75 Å². The Labute approximate surface area is 391 Å². The fraction of sp³-hybridized carbons (Fsp3) is 0.643. The first-order valence-electron chi connectivity index (χ1n) is 24.6. The Hall–Kier alpha value is -3.84. The molecule has 2 unspecified atom stereocenters. The van der Waals surface area contributed by atoms with Gasteiger partial charge in [-0.2, -0.15) is 0 Å². The lowest BCUT2D eigenvalue weighted by molar-refractivity contribution is 0.0918. The molecule has 1 fully saturated rings. The van der Waals surface area contributed by atoms with E-state index in [1.807, 2.05) is 40.7 Å². The van der Waals surface area contributed by atoms with Crippen molar-refractivity contribution in [2.24, 2.45) is 34.6 Å². The van der Waals surface area contributed by atoms with Crippen molar-refractivity contribution in [1.82, 2.24) is 19.7 Å². The van der Waals surface area contributed by atoms with Crippen LogP contribution in [-0.2, 0) is 0 Å². The number of fused-ring (bicyclic) bond motifs is 1. The quantitative estimate of drug-likeness (QED) is 0.123. The maximum Gasteiger partial charge on any atom is 0.222 e. The van der Waals surface area contributed by atoms with Crippen molar-refractivity contribution in [2.75, 3.05) is 40.3 Å². The number of rotatable bonds is 13. The lowest BCUT2D eigenvalue weighted by Gasteiger charge is -2.43. The molecule has 2 aromatic rings. The number of nitrogens with zero attached hydrogens (tertiary/aromatic N) is 5. The minimum atomic E-state index is 0.0338. The highest BCUT2D eigenvalue weighted by molar-refractivity contribution is 5.82. The van der Waals surface area contributed by atoms with Crippen LogP contribution in [0.2, 0.25) is 0 Å². The molecule has 0 bridgehead atoms. The van der Waals surface area contributed by atoms with Gasteiger partial charge in [0.15, 0.2) is 5.58 Å². The highest BCUT2D eigenvalue weighted by atomic mass is 16.3. The summed E-state index contributed by atoms with van der Waals surface area (Å²) in [6, 6.07) is 3.88. The molecule has 362 valence electrons. The molecule has 0 amide bonds. The number of hydrogen-bond acceptors (Lipinski definition) is 7. The Morgan fingerprint density at radius 3 is 1.98 bits per heavy atom. The number of hydrogen-bond donors (Lipinski definition) is 1. The summed E-state index contributed by atoms with van der Waals surface area (Å²) in [5.74, 6) is 3.57.